The number of para-hydroxylation sites is 1. The molecule has 6 nitrogen and oxygen atoms in total. The smallest absolute Gasteiger partial charge is 0.318 e. The first kappa shape index (κ1) is 17.7. The predicted molar refractivity (Wildman–Crippen MR) is 101 cm³/mol. The fourth-order valence-corrected chi connectivity index (χ4v) is 2.86. The highest BCUT2D eigenvalue weighted by atomic mass is 16.5. The second-order valence-electron chi connectivity index (χ2n) is 5.99. The van der Waals surface area contributed by atoms with Crippen LogP contribution in [0.3, 0.4) is 0 Å². The quantitative estimate of drug-likeness (QED) is 0.665. The van der Waals surface area contributed by atoms with E-state index >= 15 is 0 Å². The molecule has 0 unspecified atom stereocenters. The summed E-state index contributed by atoms with van der Waals surface area (Å²) in [4.78, 5) is 17.3. The zero-order valence-electron chi connectivity index (χ0n) is 15.1. The molecule has 2 aromatic carbocycles. The number of phenols is 1. The van der Waals surface area contributed by atoms with Crippen molar-refractivity contribution in [2.24, 2.45) is 4.99 Å². The minimum absolute atomic E-state index is 0.0821. The van der Waals surface area contributed by atoms with E-state index in [-0.39, 0.29) is 11.7 Å². The molecule has 0 aliphatic carbocycles. The number of hydrazone groups is 1. The van der Waals surface area contributed by atoms with Gasteiger partial charge in [0.25, 0.3) is 0 Å². The summed E-state index contributed by atoms with van der Waals surface area (Å²) in [5.74, 6) is 0.382. The maximum absolute atomic E-state index is 12.9. The molecule has 0 fully saturated rings. The van der Waals surface area contributed by atoms with Gasteiger partial charge in [0.1, 0.15) is 5.69 Å². The number of anilines is 1. The van der Waals surface area contributed by atoms with Crippen molar-refractivity contribution >= 4 is 23.5 Å². The average molecular weight is 352 g/mol. The van der Waals surface area contributed by atoms with Crippen LogP contribution in [-0.4, -0.2) is 47.3 Å². The van der Waals surface area contributed by atoms with Crippen molar-refractivity contribution in [3.8, 4) is 11.5 Å². The van der Waals surface area contributed by atoms with Crippen LogP contribution in [0.2, 0.25) is 0 Å². The maximum atomic E-state index is 12.9. The molecule has 0 saturated heterocycles. The Morgan fingerprint density at radius 1 is 1.27 bits per heavy atom. The number of nitrogens with zero attached hydrogens (tertiary/aromatic N) is 3. The van der Waals surface area contributed by atoms with E-state index in [2.05, 4.69) is 4.99 Å². The van der Waals surface area contributed by atoms with Gasteiger partial charge in [0.15, 0.2) is 18.5 Å². The zero-order chi connectivity index (χ0) is 18.7. The molecule has 2 aromatic rings. The summed E-state index contributed by atoms with van der Waals surface area (Å²) in [6, 6.07) is 13.9. The van der Waals surface area contributed by atoms with Crippen LogP contribution in [-0.2, 0) is 4.79 Å². The number of hydrazine groups is 1. The number of ether oxygens (including phenoxy) is 1. The van der Waals surface area contributed by atoms with E-state index < -0.39 is 6.04 Å². The summed E-state index contributed by atoms with van der Waals surface area (Å²) in [6.45, 7) is 4.20. The molecular formula is C20H22N3O3+. The minimum atomic E-state index is -0.579. The molecule has 0 aromatic heterocycles. The fraction of sp³-hybridized carbons (Fsp3) is 0.250. The number of amides is 1. The number of aliphatic imine (C=N–C) groups is 1. The molecule has 1 amide bonds. The van der Waals surface area contributed by atoms with Crippen molar-refractivity contribution in [3.05, 3.63) is 54.1 Å². The van der Waals surface area contributed by atoms with Crippen LogP contribution in [0.25, 0.3) is 0 Å². The van der Waals surface area contributed by atoms with E-state index in [9.17, 15) is 9.90 Å². The van der Waals surface area contributed by atoms with Gasteiger partial charge in [-0.05, 0) is 42.8 Å². The number of carbonyl (C=O) groups excluding carboxylic acids is 1. The molecule has 1 atom stereocenters. The lowest BCUT2D eigenvalue weighted by molar-refractivity contribution is -0.495. The Labute approximate surface area is 152 Å². The Morgan fingerprint density at radius 3 is 2.69 bits per heavy atom. The SMILES string of the molecule is CCOc1cc(C=N[C@@H]2C(=O)N(c3ccccc3)[N+](C)=C2C)ccc1O. The monoisotopic (exact) mass is 352 g/mol. The normalized spacial score (nSPS) is 17.4. The molecule has 26 heavy (non-hydrogen) atoms. The molecule has 1 N–H and O–H groups in total. The second kappa shape index (κ2) is 7.39. The van der Waals surface area contributed by atoms with E-state index in [0.29, 0.717) is 12.4 Å². The summed E-state index contributed by atoms with van der Waals surface area (Å²) in [5.41, 5.74) is 2.41. The predicted octanol–water partition coefficient (Wildman–Crippen LogP) is 2.64. The molecule has 1 aliphatic heterocycles. The van der Waals surface area contributed by atoms with Gasteiger partial charge in [-0.15, -0.1) is 4.68 Å². The van der Waals surface area contributed by atoms with Crippen LogP contribution >= 0.6 is 0 Å². The lowest BCUT2D eigenvalue weighted by Gasteiger charge is -2.11. The summed E-state index contributed by atoms with van der Waals surface area (Å²) < 4.78 is 7.20. The van der Waals surface area contributed by atoms with E-state index in [1.807, 2.05) is 55.9 Å². The largest absolute Gasteiger partial charge is 0.504 e. The highest BCUT2D eigenvalue weighted by molar-refractivity contribution is 6.15. The van der Waals surface area contributed by atoms with Gasteiger partial charge < -0.3 is 9.84 Å². The second-order valence-corrected chi connectivity index (χ2v) is 5.99. The molecule has 0 radical (unpaired) electrons. The van der Waals surface area contributed by atoms with Crippen molar-refractivity contribution in [1.82, 2.24) is 0 Å². The number of carbonyl (C=O) groups is 1. The van der Waals surface area contributed by atoms with Gasteiger partial charge >= 0.3 is 5.91 Å². The highest BCUT2D eigenvalue weighted by Gasteiger charge is 2.44. The van der Waals surface area contributed by atoms with Crippen molar-refractivity contribution < 1.29 is 19.3 Å². The Kier molecular flexibility index (Phi) is 5.02. The highest BCUT2D eigenvalue weighted by Crippen LogP contribution is 2.26. The van der Waals surface area contributed by atoms with E-state index in [0.717, 1.165) is 17.0 Å². The van der Waals surface area contributed by atoms with Gasteiger partial charge in [-0.2, -0.15) is 0 Å². The van der Waals surface area contributed by atoms with Crippen molar-refractivity contribution in [1.29, 1.82) is 0 Å². The summed E-state index contributed by atoms with van der Waals surface area (Å²) in [7, 11) is 1.85. The summed E-state index contributed by atoms with van der Waals surface area (Å²) >= 11 is 0. The number of hydrogen-bond donors (Lipinski definition) is 1. The topological polar surface area (TPSA) is 65.1 Å². The van der Waals surface area contributed by atoms with E-state index in [4.69, 9.17) is 4.74 Å². The first-order valence-electron chi connectivity index (χ1n) is 8.48. The third-order valence-corrected chi connectivity index (χ3v) is 4.31. The Morgan fingerprint density at radius 2 is 2.00 bits per heavy atom. The van der Waals surface area contributed by atoms with E-state index in [1.165, 1.54) is 0 Å². The number of rotatable bonds is 5. The van der Waals surface area contributed by atoms with Crippen LogP contribution < -0.4 is 9.75 Å². The molecule has 0 bridgehead atoms. The molecule has 0 saturated carbocycles. The Hall–Kier alpha value is -3.15. The standard InChI is InChI=1S/C20H21N3O3/c1-4-26-18-12-15(10-11-17(18)24)13-21-19-14(2)22(3)23(20(19)25)16-8-6-5-7-9-16/h5-13,19H,4H2,1-3H3/p+1/t19-/m0/s1. The summed E-state index contributed by atoms with van der Waals surface area (Å²) in [6.07, 6.45) is 1.64. The molecule has 6 heteroatoms. The van der Waals surface area contributed by atoms with Gasteiger partial charge in [-0.1, -0.05) is 23.2 Å². The lowest BCUT2D eigenvalue weighted by Crippen LogP contribution is -2.35. The van der Waals surface area contributed by atoms with Crippen LogP contribution in [0.15, 0.2) is 53.5 Å². The molecule has 134 valence electrons. The number of aromatic hydroxyl groups is 1. The van der Waals surface area contributed by atoms with Gasteiger partial charge in [0, 0.05) is 13.1 Å². The minimum Gasteiger partial charge on any atom is -0.504 e. The van der Waals surface area contributed by atoms with Crippen LogP contribution in [0.4, 0.5) is 5.69 Å². The Bertz CT molecular complexity index is 875. The molecular weight excluding hydrogens is 330 g/mol. The number of benzene rings is 2. The number of hydrogen-bond acceptors (Lipinski definition) is 4. The molecule has 1 aliphatic rings. The van der Waals surface area contributed by atoms with Gasteiger partial charge in [0.05, 0.1) is 6.61 Å². The zero-order valence-corrected chi connectivity index (χ0v) is 15.1. The third-order valence-electron chi connectivity index (χ3n) is 4.31. The third kappa shape index (κ3) is 3.31. The molecule has 0 spiro atoms. The first-order valence-corrected chi connectivity index (χ1v) is 8.48. The van der Waals surface area contributed by atoms with Crippen LogP contribution in [0.1, 0.15) is 19.4 Å². The van der Waals surface area contributed by atoms with Crippen molar-refractivity contribution in [2.45, 2.75) is 19.9 Å². The van der Waals surface area contributed by atoms with Crippen LogP contribution in [0, 0.1) is 0 Å². The molecule has 3 rings (SSSR count). The summed E-state index contributed by atoms with van der Waals surface area (Å²) in [5, 5.41) is 11.4. The van der Waals surface area contributed by atoms with Gasteiger partial charge in [0.2, 0.25) is 11.8 Å². The maximum Gasteiger partial charge on any atom is 0.318 e. The van der Waals surface area contributed by atoms with Crippen molar-refractivity contribution in [3.63, 3.8) is 0 Å². The van der Waals surface area contributed by atoms with E-state index in [1.54, 1.807) is 29.4 Å². The number of phenolic OH excluding ortho intramolecular Hbond substituents is 1. The van der Waals surface area contributed by atoms with Crippen molar-refractivity contribution in [2.75, 3.05) is 18.7 Å². The van der Waals surface area contributed by atoms with Gasteiger partial charge in [-0.25, -0.2) is 0 Å². The Balaban J connectivity index is 1.85. The average Bonchev–Trinajstić information content (AvgIpc) is 2.86. The molecule has 1 heterocycles. The van der Waals surface area contributed by atoms with Gasteiger partial charge in [-0.3, -0.25) is 9.79 Å². The first-order chi connectivity index (χ1) is 12.5. The van der Waals surface area contributed by atoms with Crippen LogP contribution in [0.5, 0.6) is 11.5 Å². The lowest BCUT2D eigenvalue weighted by atomic mass is 10.2. The fourth-order valence-electron chi connectivity index (χ4n) is 2.86.